The van der Waals surface area contributed by atoms with Crippen LogP contribution >= 0.6 is 0 Å². The summed E-state index contributed by atoms with van der Waals surface area (Å²) < 4.78 is 3.20. The summed E-state index contributed by atoms with van der Waals surface area (Å²) in [5.74, 6) is 0.728. The summed E-state index contributed by atoms with van der Waals surface area (Å²) in [6.45, 7) is 8.02. The van der Waals surface area contributed by atoms with Crippen molar-refractivity contribution in [1.29, 1.82) is 0 Å². The monoisotopic (exact) mass is 555 g/mol. The minimum Gasteiger partial charge on any atom is -0.383 e. The number of anilines is 1. The lowest BCUT2D eigenvalue weighted by molar-refractivity contribution is 0.0650. The number of carbonyl (C=O) groups excluding carboxylic acids is 2. The van der Waals surface area contributed by atoms with Crippen LogP contribution in [0.2, 0.25) is 0 Å². The van der Waals surface area contributed by atoms with Crippen LogP contribution in [0.5, 0.6) is 0 Å². The topological polar surface area (TPSA) is 166 Å². The molecule has 13 nitrogen and oxygen atoms in total. The Morgan fingerprint density at radius 1 is 1.17 bits per heavy atom. The van der Waals surface area contributed by atoms with E-state index in [4.69, 9.17) is 10.7 Å². The number of aryl methyl sites for hydroxylation is 2. The number of nitrogens with two attached hydrogens (primary N) is 1. The first-order chi connectivity index (χ1) is 19.8. The quantitative estimate of drug-likeness (QED) is 0.232. The van der Waals surface area contributed by atoms with Crippen LogP contribution in [-0.4, -0.2) is 73.7 Å². The number of aromatic nitrogens is 9. The molecule has 5 aromatic rings. The fraction of sp³-hybridized carbons (Fsp3) is 0.357. The van der Waals surface area contributed by atoms with Gasteiger partial charge in [-0.1, -0.05) is 13.8 Å². The molecule has 0 aliphatic carbocycles. The highest BCUT2D eigenvalue weighted by atomic mass is 16.2. The number of carbonyl (C=O) groups is 2. The minimum atomic E-state index is -0.204. The first-order valence-electron chi connectivity index (χ1n) is 13.6. The Kier molecular flexibility index (Phi) is 7.86. The van der Waals surface area contributed by atoms with Gasteiger partial charge in [0.1, 0.15) is 12.1 Å². The van der Waals surface area contributed by atoms with Gasteiger partial charge in [-0.2, -0.15) is 14.7 Å². The molecule has 0 aromatic carbocycles. The number of hydrogen-bond donors (Lipinski definition) is 2. The molecular formula is C28H33N11O2. The largest absolute Gasteiger partial charge is 0.383 e. The predicted octanol–water partition coefficient (Wildman–Crippen LogP) is 3.45. The van der Waals surface area contributed by atoms with Gasteiger partial charge in [0.15, 0.2) is 17.2 Å². The zero-order valence-corrected chi connectivity index (χ0v) is 23.6. The lowest BCUT2D eigenvalue weighted by atomic mass is 10.0. The summed E-state index contributed by atoms with van der Waals surface area (Å²) in [6.07, 6.45) is 9.20. The van der Waals surface area contributed by atoms with E-state index >= 15 is 0 Å². The number of rotatable bonds is 11. The Balaban J connectivity index is 1.47. The minimum absolute atomic E-state index is 0.0985. The number of fused-ring (bicyclic) bond motifs is 1. The van der Waals surface area contributed by atoms with Crippen LogP contribution in [0.4, 0.5) is 5.82 Å². The second-order valence-electron chi connectivity index (χ2n) is 9.91. The van der Waals surface area contributed by atoms with Crippen LogP contribution in [0.3, 0.4) is 0 Å². The van der Waals surface area contributed by atoms with Crippen molar-refractivity contribution in [3.05, 3.63) is 65.9 Å². The van der Waals surface area contributed by atoms with E-state index in [-0.39, 0.29) is 29.4 Å². The van der Waals surface area contributed by atoms with Gasteiger partial charge >= 0.3 is 0 Å². The lowest BCUT2D eigenvalue weighted by Crippen LogP contribution is -2.41. The van der Waals surface area contributed by atoms with Crippen LogP contribution in [0.1, 0.15) is 72.4 Å². The van der Waals surface area contributed by atoms with E-state index in [9.17, 15) is 9.59 Å². The number of amides is 1. The number of pyridine rings is 1. The fourth-order valence-corrected chi connectivity index (χ4v) is 5.08. The maximum Gasteiger partial charge on any atom is 0.291 e. The highest BCUT2D eigenvalue weighted by Gasteiger charge is 2.27. The molecule has 5 heterocycles. The predicted molar refractivity (Wildman–Crippen MR) is 153 cm³/mol. The third-order valence-electron chi connectivity index (χ3n) is 7.10. The van der Waals surface area contributed by atoms with Crippen molar-refractivity contribution in [3.8, 4) is 16.9 Å². The lowest BCUT2D eigenvalue weighted by Gasteiger charge is -2.30. The zero-order valence-electron chi connectivity index (χ0n) is 23.6. The van der Waals surface area contributed by atoms with Crippen molar-refractivity contribution in [2.45, 2.75) is 59.4 Å². The number of nitrogens with zero attached hydrogens (tertiary/aromatic N) is 9. The number of H-pyrrole nitrogens is 1. The summed E-state index contributed by atoms with van der Waals surface area (Å²) in [5, 5.41) is 16.5. The standard InChI is InChI=1S/C28H33N11O2/c1-5-12-37(28(41)26-31-16-32-35-26)20(6-2)8-9-22-24(18(4)40)25(29)39-27(34-22)21(15-33-39)19-7-10-23(30-14-19)38-13-11-17(3)36-38/h7,10-11,13-16,20H,5-6,8-9,12,29H2,1-4H3,(H,31,32,35)/t20-/m1/s1. The smallest absolute Gasteiger partial charge is 0.291 e. The SMILES string of the molecule is CCCN(C(=O)c1nnc[nH]1)[C@H](CC)CCc1nc2c(-c3ccc(-n4ccc(C)n4)nc3)cnn2c(N)c1C(C)=O. The molecular weight excluding hydrogens is 522 g/mol. The molecule has 1 atom stereocenters. The normalized spacial score (nSPS) is 12.1. The molecule has 13 heteroatoms. The molecule has 0 unspecified atom stereocenters. The van der Waals surface area contributed by atoms with Crippen molar-refractivity contribution in [3.63, 3.8) is 0 Å². The van der Waals surface area contributed by atoms with Crippen LogP contribution < -0.4 is 5.73 Å². The van der Waals surface area contributed by atoms with Crippen LogP contribution in [0.15, 0.2) is 43.1 Å². The van der Waals surface area contributed by atoms with Crippen molar-refractivity contribution in [2.24, 2.45) is 0 Å². The van der Waals surface area contributed by atoms with E-state index in [2.05, 4.69) is 30.4 Å². The van der Waals surface area contributed by atoms with E-state index in [0.29, 0.717) is 42.1 Å². The van der Waals surface area contributed by atoms with E-state index in [1.165, 1.54) is 17.8 Å². The van der Waals surface area contributed by atoms with Gasteiger partial charge < -0.3 is 15.6 Å². The molecule has 0 saturated carbocycles. The molecule has 0 aliphatic rings. The molecule has 0 spiro atoms. The highest BCUT2D eigenvalue weighted by molar-refractivity contribution is 6.00. The average molecular weight is 556 g/mol. The maximum atomic E-state index is 13.2. The first-order valence-corrected chi connectivity index (χ1v) is 13.6. The molecule has 41 heavy (non-hydrogen) atoms. The van der Waals surface area contributed by atoms with Gasteiger partial charge in [-0.3, -0.25) is 9.59 Å². The van der Waals surface area contributed by atoms with Crippen molar-refractivity contribution < 1.29 is 9.59 Å². The number of ketones is 1. The maximum absolute atomic E-state index is 13.2. The highest BCUT2D eigenvalue weighted by Crippen LogP contribution is 2.29. The fourth-order valence-electron chi connectivity index (χ4n) is 5.08. The molecule has 0 fully saturated rings. The number of hydrogen-bond acceptors (Lipinski definition) is 9. The summed E-state index contributed by atoms with van der Waals surface area (Å²) in [6, 6.07) is 5.62. The molecule has 0 radical (unpaired) electrons. The number of aromatic amines is 1. The Hall–Kier alpha value is -4.94. The Bertz CT molecular complexity index is 1670. The van der Waals surface area contributed by atoms with E-state index in [1.54, 1.807) is 17.1 Å². The van der Waals surface area contributed by atoms with Gasteiger partial charge in [0.25, 0.3) is 5.91 Å². The Morgan fingerprint density at radius 3 is 2.61 bits per heavy atom. The number of nitrogen functional groups attached to an aromatic ring is 1. The average Bonchev–Trinajstić information content (AvgIpc) is 3.74. The van der Waals surface area contributed by atoms with Crippen LogP contribution in [0.25, 0.3) is 22.6 Å². The molecule has 5 aromatic heterocycles. The first kappa shape index (κ1) is 27.6. The molecule has 3 N–H and O–H groups in total. The van der Waals surface area contributed by atoms with Crippen molar-refractivity contribution in [1.82, 2.24) is 49.4 Å². The molecule has 0 saturated heterocycles. The molecule has 0 aliphatic heterocycles. The number of nitrogens with one attached hydrogen (secondary N) is 1. The van der Waals surface area contributed by atoms with Gasteiger partial charge in [-0.15, -0.1) is 10.2 Å². The summed E-state index contributed by atoms with van der Waals surface area (Å²) in [4.78, 5) is 40.0. The van der Waals surface area contributed by atoms with Gasteiger partial charge in [0, 0.05) is 36.1 Å². The third-order valence-corrected chi connectivity index (χ3v) is 7.10. The van der Waals surface area contributed by atoms with Crippen LogP contribution in [-0.2, 0) is 6.42 Å². The molecule has 212 valence electrons. The van der Waals surface area contributed by atoms with Gasteiger partial charge in [0.05, 0.1) is 23.1 Å². The molecule has 5 rings (SSSR count). The third kappa shape index (κ3) is 5.42. The summed E-state index contributed by atoms with van der Waals surface area (Å²) >= 11 is 0. The van der Waals surface area contributed by atoms with E-state index in [0.717, 1.165) is 29.7 Å². The number of Topliss-reactive ketones (excluding diaryl/α,β-unsaturated/α-hetero) is 1. The van der Waals surface area contributed by atoms with Gasteiger partial charge in [-0.05, 0) is 57.7 Å². The Labute approximate surface area is 236 Å². The molecule has 1 amide bonds. The van der Waals surface area contributed by atoms with Crippen molar-refractivity contribution in [2.75, 3.05) is 12.3 Å². The summed E-state index contributed by atoms with van der Waals surface area (Å²) in [7, 11) is 0. The molecule has 0 bridgehead atoms. The van der Waals surface area contributed by atoms with E-state index in [1.807, 2.05) is 50.1 Å². The second kappa shape index (κ2) is 11.7. The Morgan fingerprint density at radius 2 is 2.00 bits per heavy atom. The zero-order chi connectivity index (χ0) is 29.1. The van der Waals surface area contributed by atoms with E-state index < -0.39 is 0 Å². The van der Waals surface area contributed by atoms with Gasteiger partial charge in [-0.25, -0.2) is 14.6 Å². The summed E-state index contributed by atoms with van der Waals surface area (Å²) in [5.41, 5.74) is 10.4. The van der Waals surface area contributed by atoms with Crippen molar-refractivity contribution >= 4 is 23.2 Å². The second-order valence-corrected chi connectivity index (χ2v) is 9.91. The van der Waals surface area contributed by atoms with Crippen LogP contribution in [0, 0.1) is 6.92 Å². The van der Waals surface area contributed by atoms with Gasteiger partial charge in [0.2, 0.25) is 5.82 Å².